The summed E-state index contributed by atoms with van der Waals surface area (Å²) >= 11 is 0. The zero-order chi connectivity index (χ0) is 43.2. The van der Waals surface area contributed by atoms with Crippen molar-refractivity contribution in [1.29, 1.82) is 0 Å². The lowest BCUT2D eigenvalue weighted by Gasteiger charge is -2.21. The third-order valence-corrected chi connectivity index (χ3v) is 13.6. The summed E-state index contributed by atoms with van der Waals surface area (Å²) in [5, 5.41) is 4.77. The highest BCUT2D eigenvalue weighted by Crippen LogP contribution is 2.51. The molecule has 306 valence electrons. The molecule has 0 radical (unpaired) electrons. The number of fused-ring (bicyclic) bond motifs is 9. The molecule has 0 spiro atoms. The third kappa shape index (κ3) is 5.75. The summed E-state index contributed by atoms with van der Waals surface area (Å²) in [5.41, 5.74) is 17.1. The van der Waals surface area contributed by atoms with E-state index in [0.29, 0.717) is 17.6 Å². The number of para-hydroxylation sites is 2. The average molecular weight is 832 g/mol. The van der Waals surface area contributed by atoms with E-state index in [0.717, 1.165) is 60.8 Å². The van der Waals surface area contributed by atoms with Crippen LogP contribution in [0.15, 0.2) is 212 Å². The molecule has 0 unspecified atom stereocenters. The van der Waals surface area contributed by atoms with Gasteiger partial charge in [0.2, 0.25) is 5.95 Å². The van der Waals surface area contributed by atoms with Gasteiger partial charge in [0.05, 0.1) is 22.1 Å². The van der Waals surface area contributed by atoms with Crippen LogP contribution in [0.1, 0.15) is 25.0 Å². The largest absolute Gasteiger partial charge is 0.309 e. The summed E-state index contributed by atoms with van der Waals surface area (Å²) in [5.74, 6) is 1.77. The number of nitrogens with zero attached hydrogens (tertiary/aromatic N) is 5. The predicted molar refractivity (Wildman–Crippen MR) is 268 cm³/mol. The van der Waals surface area contributed by atoms with Gasteiger partial charge in [0.15, 0.2) is 11.6 Å². The average Bonchev–Trinajstić information content (AvgIpc) is 3.96. The first-order valence-corrected chi connectivity index (χ1v) is 22.3. The molecule has 12 aromatic rings. The summed E-state index contributed by atoms with van der Waals surface area (Å²) in [4.78, 5) is 16.0. The van der Waals surface area contributed by atoms with Gasteiger partial charge >= 0.3 is 0 Å². The van der Waals surface area contributed by atoms with Crippen LogP contribution in [0, 0.1) is 0 Å². The number of benzene rings is 9. The van der Waals surface area contributed by atoms with Gasteiger partial charge in [0.25, 0.3) is 0 Å². The normalized spacial score (nSPS) is 12.9. The van der Waals surface area contributed by atoms with Crippen LogP contribution in [0.4, 0.5) is 0 Å². The van der Waals surface area contributed by atoms with Crippen LogP contribution in [0.25, 0.3) is 111 Å². The lowest BCUT2D eigenvalue weighted by Crippen LogP contribution is -2.14. The lowest BCUT2D eigenvalue weighted by atomic mass is 9.82. The molecule has 1 aliphatic carbocycles. The molecule has 0 saturated heterocycles. The Morgan fingerprint density at radius 1 is 0.338 bits per heavy atom. The molecule has 65 heavy (non-hydrogen) atoms. The highest BCUT2D eigenvalue weighted by molar-refractivity contribution is 6.16. The second-order valence-corrected chi connectivity index (χ2v) is 17.6. The molecular formula is C60H41N5. The van der Waals surface area contributed by atoms with Crippen molar-refractivity contribution >= 4 is 43.6 Å². The molecule has 0 bridgehead atoms. The van der Waals surface area contributed by atoms with Gasteiger partial charge in [0.1, 0.15) is 0 Å². The zero-order valence-electron chi connectivity index (χ0n) is 35.9. The van der Waals surface area contributed by atoms with Crippen molar-refractivity contribution in [1.82, 2.24) is 24.1 Å². The fraction of sp³-hybridized carbons (Fsp3) is 0.0500. The van der Waals surface area contributed by atoms with E-state index in [4.69, 9.17) is 15.0 Å². The van der Waals surface area contributed by atoms with Crippen molar-refractivity contribution in [3.8, 4) is 67.8 Å². The minimum Gasteiger partial charge on any atom is -0.309 e. The molecule has 0 amide bonds. The molecule has 13 rings (SSSR count). The molecule has 3 heterocycles. The standard InChI is InChI=1S/C60H41N5/c1-60(2)50-27-12-9-23-45(50)48-36-49-46-24-10-13-28-52(46)64(55(49)37-51(48)60)43-22-15-21-42(35-43)58-61-57(41-33-31-39(32-34-41)38-17-5-3-6-18-38)62-59(63-58)65-53-29-14-11-25-47(53)56-44(26-16-30-54(56)65)40-19-7-4-8-20-40/h3-37H,1-2H3. The zero-order valence-corrected chi connectivity index (χ0v) is 35.9. The second-order valence-electron chi connectivity index (χ2n) is 17.6. The third-order valence-electron chi connectivity index (χ3n) is 13.6. The summed E-state index contributed by atoms with van der Waals surface area (Å²) in [6.07, 6.45) is 0. The molecule has 0 aliphatic heterocycles. The van der Waals surface area contributed by atoms with Crippen LogP contribution in [0.3, 0.4) is 0 Å². The Morgan fingerprint density at radius 3 is 1.69 bits per heavy atom. The highest BCUT2D eigenvalue weighted by Gasteiger charge is 2.36. The summed E-state index contributed by atoms with van der Waals surface area (Å²) in [7, 11) is 0. The molecule has 0 fully saturated rings. The second kappa shape index (κ2) is 14.3. The van der Waals surface area contributed by atoms with Crippen LogP contribution >= 0.6 is 0 Å². The van der Waals surface area contributed by atoms with Gasteiger partial charge in [-0.05, 0) is 87.0 Å². The Hall–Kier alpha value is -8.41. The predicted octanol–water partition coefficient (Wildman–Crippen LogP) is 15.0. The molecule has 3 aromatic heterocycles. The van der Waals surface area contributed by atoms with Gasteiger partial charge in [-0.3, -0.25) is 4.57 Å². The molecular weight excluding hydrogens is 791 g/mol. The molecule has 1 aliphatic rings. The first kappa shape index (κ1) is 37.2. The maximum atomic E-state index is 5.41. The first-order chi connectivity index (χ1) is 32.0. The monoisotopic (exact) mass is 831 g/mol. The fourth-order valence-corrected chi connectivity index (χ4v) is 10.5. The molecule has 0 saturated carbocycles. The van der Waals surface area contributed by atoms with Gasteiger partial charge in [-0.25, -0.2) is 4.98 Å². The Bertz CT molecular complexity index is 3840. The Morgan fingerprint density at radius 2 is 0.908 bits per heavy atom. The quantitative estimate of drug-likeness (QED) is 0.168. The smallest absolute Gasteiger partial charge is 0.238 e. The Balaban J connectivity index is 1.03. The summed E-state index contributed by atoms with van der Waals surface area (Å²) < 4.78 is 4.62. The first-order valence-electron chi connectivity index (χ1n) is 22.3. The van der Waals surface area contributed by atoms with Gasteiger partial charge in [-0.15, -0.1) is 0 Å². The summed E-state index contributed by atoms with van der Waals surface area (Å²) in [6, 6.07) is 75.9. The summed E-state index contributed by atoms with van der Waals surface area (Å²) in [6.45, 7) is 4.70. The van der Waals surface area contributed by atoms with Gasteiger partial charge in [0, 0.05) is 43.8 Å². The van der Waals surface area contributed by atoms with E-state index in [1.807, 2.05) is 6.07 Å². The van der Waals surface area contributed by atoms with Crippen molar-refractivity contribution in [2.75, 3.05) is 0 Å². The van der Waals surface area contributed by atoms with E-state index in [1.54, 1.807) is 0 Å². The van der Waals surface area contributed by atoms with E-state index >= 15 is 0 Å². The minimum atomic E-state index is -0.130. The lowest BCUT2D eigenvalue weighted by molar-refractivity contribution is 0.661. The van der Waals surface area contributed by atoms with Crippen LogP contribution < -0.4 is 0 Å². The van der Waals surface area contributed by atoms with E-state index < -0.39 is 0 Å². The maximum Gasteiger partial charge on any atom is 0.238 e. The van der Waals surface area contributed by atoms with Crippen LogP contribution in [0.5, 0.6) is 0 Å². The van der Waals surface area contributed by atoms with Crippen LogP contribution in [0.2, 0.25) is 0 Å². The number of hydrogen-bond acceptors (Lipinski definition) is 3. The van der Waals surface area contributed by atoms with Crippen LogP contribution in [-0.4, -0.2) is 24.1 Å². The Kier molecular flexibility index (Phi) is 8.18. The number of hydrogen-bond donors (Lipinski definition) is 0. The van der Waals surface area contributed by atoms with Crippen molar-refractivity contribution in [2.45, 2.75) is 19.3 Å². The van der Waals surface area contributed by atoms with Crippen LogP contribution in [-0.2, 0) is 5.41 Å². The highest BCUT2D eigenvalue weighted by atomic mass is 15.2. The van der Waals surface area contributed by atoms with Crippen molar-refractivity contribution < 1.29 is 0 Å². The molecule has 5 nitrogen and oxygen atoms in total. The minimum absolute atomic E-state index is 0.130. The van der Waals surface area contributed by atoms with Crippen molar-refractivity contribution in [2.24, 2.45) is 0 Å². The van der Waals surface area contributed by atoms with E-state index in [-0.39, 0.29) is 5.41 Å². The molecule has 9 aromatic carbocycles. The van der Waals surface area contributed by atoms with Gasteiger partial charge in [-0.2, -0.15) is 9.97 Å². The molecule has 0 atom stereocenters. The van der Waals surface area contributed by atoms with Crippen molar-refractivity contribution in [3.63, 3.8) is 0 Å². The van der Waals surface area contributed by atoms with Gasteiger partial charge < -0.3 is 4.57 Å². The van der Waals surface area contributed by atoms with E-state index in [9.17, 15) is 0 Å². The number of aromatic nitrogens is 5. The van der Waals surface area contributed by atoms with Crippen molar-refractivity contribution in [3.05, 3.63) is 223 Å². The molecule has 5 heteroatoms. The van der Waals surface area contributed by atoms with E-state index in [1.165, 1.54) is 44.1 Å². The Labute approximate surface area is 376 Å². The van der Waals surface area contributed by atoms with E-state index in [2.05, 4.69) is 229 Å². The SMILES string of the molecule is CC1(C)c2ccccc2-c2cc3c4ccccc4n(-c4cccc(-c5nc(-c6ccc(-c7ccccc7)cc6)nc(-n6c7ccccc7c7c(-c8ccccc8)cccc76)n5)c4)c3cc21. The molecule has 0 N–H and O–H groups in total. The van der Waals surface area contributed by atoms with Gasteiger partial charge in [-0.1, -0.05) is 184 Å². The fourth-order valence-electron chi connectivity index (χ4n) is 10.5. The maximum absolute atomic E-state index is 5.41. The topological polar surface area (TPSA) is 48.5 Å². The number of rotatable bonds is 6.